The molecule has 6 nitrogen and oxygen atoms in total. The number of nitrogens with one attached hydrogen (secondary N) is 1. The van der Waals surface area contributed by atoms with Crippen LogP contribution in [-0.2, 0) is 6.42 Å². The van der Waals surface area contributed by atoms with E-state index < -0.39 is 36.3 Å². The van der Waals surface area contributed by atoms with Crippen molar-refractivity contribution in [3.05, 3.63) is 59.2 Å². The highest BCUT2D eigenvalue weighted by molar-refractivity contribution is 5.38. The van der Waals surface area contributed by atoms with Crippen LogP contribution in [0.15, 0.2) is 36.4 Å². The van der Waals surface area contributed by atoms with Gasteiger partial charge in [0, 0.05) is 25.1 Å². The van der Waals surface area contributed by atoms with Gasteiger partial charge in [0.2, 0.25) is 0 Å². The third kappa shape index (κ3) is 4.57. The molecule has 2 aliphatic heterocycles. The third-order valence-electron chi connectivity index (χ3n) is 5.63. The molecule has 0 spiro atoms. The van der Waals surface area contributed by atoms with E-state index in [1.54, 1.807) is 6.07 Å². The molecular formula is C22H25F2NO5. The first-order valence-corrected chi connectivity index (χ1v) is 10.1. The molecule has 0 aliphatic carbocycles. The molecule has 0 fully saturated rings. The largest absolute Gasteiger partial charge is 0.487 e. The Morgan fingerprint density at radius 2 is 1.57 bits per heavy atom. The third-order valence-corrected chi connectivity index (χ3v) is 5.63. The van der Waals surface area contributed by atoms with Gasteiger partial charge >= 0.3 is 0 Å². The number of rotatable bonds is 6. The summed E-state index contributed by atoms with van der Waals surface area (Å²) in [7, 11) is 0. The van der Waals surface area contributed by atoms with Crippen LogP contribution in [0.2, 0.25) is 0 Å². The molecule has 4 N–H and O–H groups in total. The Kier molecular flexibility index (Phi) is 6.19. The minimum Gasteiger partial charge on any atom is -0.487 e. The van der Waals surface area contributed by atoms with Gasteiger partial charge in [0.05, 0.1) is 6.10 Å². The fourth-order valence-electron chi connectivity index (χ4n) is 3.97. The van der Waals surface area contributed by atoms with Crippen molar-refractivity contribution in [1.29, 1.82) is 0 Å². The summed E-state index contributed by atoms with van der Waals surface area (Å²) in [6.45, 7) is 0.328. The fourth-order valence-corrected chi connectivity index (χ4v) is 3.97. The number of hydrogen-bond acceptors (Lipinski definition) is 6. The molecule has 5 unspecified atom stereocenters. The lowest BCUT2D eigenvalue weighted by atomic mass is 9.96. The summed E-state index contributed by atoms with van der Waals surface area (Å²) in [5, 5.41) is 34.1. The minimum atomic E-state index is -0.930. The van der Waals surface area contributed by atoms with E-state index in [-0.39, 0.29) is 25.3 Å². The van der Waals surface area contributed by atoms with Gasteiger partial charge in [-0.15, -0.1) is 0 Å². The van der Waals surface area contributed by atoms with Crippen LogP contribution in [0, 0.1) is 11.6 Å². The first-order valence-electron chi connectivity index (χ1n) is 10.1. The number of aliphatic hydroxyl groups excluding tert-OH is 3. The van der Waals surface area contributed by atoms with Crippen LogP contribution in [0.5, 0.6) is 11.5 Å². The highest BCUT2D eigenvalue weighted by Crippen LogP contribution is 2.36. The van der Waals surface area contributed by atoms with Crippen molar-refractivity contribution < 1.29 is 33.6 Å². The zero-order valence-electron chi connectivity index (χ0n) is 16.3. The molecule has 0 radical (unpaired) electrons. The Hall–Kier alpha value is -2.26. The minimum absolute atomic E-state index is 0.138. The van der Waals surface area contributed by atoms with E-state index in [4.69, 9.17) is 9.47 Å². The maximum atomic E-state index is 13.3. The van der Waals surface area contributed by atoms with Crippen LogP contribution >= 0.6 is 0 Å². The molecule has 2 aromatic rings. The first-order chi connectivity index (χ1) is 14.4. The van der Waals surface area contributed by atoms with Gasteiger partial charge in [0.15, 0.2) is 0 Å². The smallest absolute Gasteiger partial charge is 0.129 e. The van der Waals surface area contributed by atoms with Gasteiger partial charge in [0.1, 0.15) is 47.5 Å². The van der Waals surface area contributed by atoms with Crippen LogP contribution in [0.25, 0.3) is 0 Å². The number of benzene rings is 2. The molecule has 0 bridgehead atoms. The molecule has 30 heavy (non-hydrogen) atoms. The number of hydrogen-bond donors (Lipinski definition) is 4. The fraction of sp³-hybridized carbons (Fsp3) is 0.455. The number of fused-ring (bicyclic) bond motifs is 2. The van der Waals surface area contributed by atoms with Crippen LogP contribution in [0.1, 0.15) is 30.1 Å². The summed E-state index contributed by atoms with van der Waals surface area (Å²) < 4.78 is 38.1. The van der Waals surface area contributed by atoms with Crippen LogP contribution in [0.3, 0.4) is 0 Å². The topological polar surface area (TPSA) is 91.2 Å². The Labute approximate surface area is 173 Å². The summed E-state index contributed by atoms with van der Waals surface area (Å²) in [4.78, 5) is 0. The number of aliphatic hydroxyl groups is 3. The Balaban J connectivity index is 1.26. The van der Waals surface area contributed by atoms with E-state index in [1.165, 1.54) is 30.3 Å². The van der Waals surface area contributed by atoms with Crippen molar-refractivity contribution in [2.45, 2.75) is 49.8 Å². The van der Waals surface area contributed by atoms with E-state index in [0.717, 1.165) is 5.56 Å². The maximum Gasteiger partial charge on any atom is 0.129 e. The van der Waals surface area contributed by atoms with Gasteiger partial charge < -0.3 is 30.1 Å². The SMILES string of the molecule is OC1CC(C(O)CNCC(O)C2CCc3cc(F)ccc3O2)Oc2ccc(F)cc21. The highest BCUT2D eigenvalue weighted by atomic mass is 19.1. The number of ether oxygens (including phenoxy) is 2. The molecule has 8 heteroatoms. The predicted molar refractivity (Wildman–Crippen MR) is 104 cm³/mol. The van der Waals surface area contributed by atoms with Gasteiger partial charge in [-0.1, -0.05) is 0 Å². The van der Waals surface area contributed by atoms with Crippen molar-refractivity contribution in [2.24, 2.45) is 0 Å². The van der Waals surface area contributed by atoms with Gasteiger partial charge in [-0.2, -0.15) is 0 Å². The molecule has 4 rings (SSSR count). The Bertz CT molecular complexity index is 896. The maximum absolute atomic E-state index is 13.3. The van der Waals surface area contributed by atoms with Gasteiger partial charge in [0.25, 0.3) is 0 Å². The second-order valence-electron chi connectivity index (χ2n) is 7.83. The average Bonchev–Trinajstić information content (AvgIpc) is 2.73. The van der Waals surface area contributed by atoms with E-state index in [9.17, 15) is 24.1 Å². The molecule has 2 aliphatic rings. The molecule has 0 saturated heterocycles. The summed E-state index contributed by atoms with van der Waals surface area (Å²) in [5.74, 6) is 0.162. The molecule has 0 amide bonds. The molecule has 0 aromatic heterocycles. The van der Waals surface area contributed by atoms with E-state index >= 15 is 0 Å². The van der Waals surface area contributed by atoms with E-state index in [2.05, 4.69) is 5.32 Å². The standard InChI is InChI=1S/C22H25F2NO5/c23-13-2-5-19-12(7-13)1-4-21(29-19)17(27)10-25-11-18(28)22-9-16(26)15-8-14(24)3-6-20(15)30-22/h2-3,5-8,16-18,21-22,25-28H,1,4,9-11H2. The zero-order valence-corrected chi connectivity index (χ0v) is 16.3. The molecule has 162 valence electrons. The molecule has 2 heterocycles. The second-order valence-corrected chi connectivity index (χ2v) is 7.83. The summed E-state index contributed by atoms with van der Waals surface area (Å²) in [6, 6.07) is 8.24. The predicted octanol–water partition coefficient (Wildman–Crippen LogP) is 1.85. The lowest BCUT2D eigenvalue weighted by Crippen LogP contribution is -2.46. The van der Waals surface area contributed by atoms with Crippen molar-refractivity contribution in [1.82, 2.24) is 5.32 Å². The van der Waals surface area contributed by atoms with Gasteiger partial charge in [-0.3, -0.25) is 0 Å². The molecule has 2 aromatic carbocycles. The van der Waals surface area contributed by atoms with Crippen molar-refractivity contribution in [3.8, 4) is 11.5 Å². The summed E-state index contributed by atoms with van der Waals surface area (Å²) in [6.07, 6.45) is -2.43. The summed E-state index contributed by atoms with van der Waals surface area (Å²) in [5.41, 5.74) is 1.16. The summed E-state index contributed by atoms with van der Waals surface area (Å²) >= 11 is 0. The van der Waals surface area contributed by atoms with Crippen LogP contribution < -0.4 is 14.8 Å². The number of aryl methyl sites for hydroxylation is 1. The van der Waals surface area contributed by atoms with Crippen LogP contribution in [0.4, 0.5) is 8.78 Å². The van der Waals surface area contributed by atoms with Crippen LogP contribution in [-0.4, -0.2) is 52.8 Å². The van der Waals surface area contributed by atoms with Crippen molar-refractivity contribution >= 4 is 0 Å². The zero-order chi connectivity index (χ0) is 21.3. The normalized spacial score (nSPS) is 24.8. The van der Waals surface area contributed by atoms with E-state index in [0.29, 0.717) is 29.9 Å². The van der Waals surface area contributed by atoms with Crippen molar-refractivity contribution in [3.63, 3.8) is 0 Å². The monoisotopic (exact) mass is 421 g/mol. The lowest BCUT2D eigenvalue weighted by Gasteiger charge is -2.33. The van der Waals surface area contributed by atoms with Crippen molar-refractivity contribution in [2.75, 3.05) is 13.1 Å². The molecule has 5 atom stereocenters. The number of halogens is 2. The quantitative estimate of drug-likeness (QED) is 0.569. The Morgan fingerprint density at radius 3 is 2.33 bits per heavy atom. The molecule has 0 saturated carbocycles. The molecular weight excluding hydrogens is 396 g/mol. The average molecular weight is 421 g/mol. The highest BCUT2D eigenvalue weighted by Gasteiger charge is 2.32. The lowest BCUT2D eigenvalue weighted by molar-refractivity contribution is -0.0175. The second kappa shape index (κ2) is 8.85. The van der Waals surface area contributed by atoms with Gasteiger partial charge in [-0.25, -0.2) is 8.78 Å². The van der Waals surface area contributed by atoms with Gasteiger partial charge in [-0.05, 0) is 54.8 Å². The Morgan fingerprint density at radius 1 is 0.933 bits per heavy atom. The van der Waals surface area contributed by atoms with E-state index in [1.807, 2.05) is 0 Å². The first kappa shape index (κ1) is 21.0.